The summed E-state index contributed by atoms with van der Waals surface area (Å²) in [6.45, 7) is 9.39. The predicted octanol–water partition coefficient (Wildman–Crippen LogP) is 1.17. The summed E-state index contributed by atoms with van der Waals surface area (Å²) in [5.41, 5.74) is 4.26. The molecule has 5 N–H and O–H groups in total. The van der Waals surface area contributed by atoms with Crippen LogP contribution in [0.25, 0.3) is 5.69 Å². The molecule has 2 heterocycles. The first-order chi connectivity index (χ1) is 19.1. The van der Waals surface area contributed by atoms with Crippen LogP contribution in [0.2, 0.25) is 0 Å². The van der Waals surface area contributed by atoms with E-state index in [1.807, 2.05) is 0 Å². The molecular formula is C27H37N7O7. The van der Waals surface area contributed by atoms with Crippen molar-refractivity contribution in [2.45, 2.75) is 58.2 Å². The number of carboxylic acids is 1. The van der Waals surface area contributed by atoms with Gasteiger partial charge in [0, 0.05) is 32.4 Å². The Bertz CT molecular complexity index is 1340. The molecule has 3 rings (SSSR count). The molecule has 0 spiro atoms. The van der Waals surface area contributed by atoms with Crippen LogP contribution in [0.3, 0.4) is 0 Å². The van der Waals surface area contributed by atoms with Gasteiger partial charge in [0.15, 0.2) is 0 Å². The Morgan fingerprint density at radius 3 is 2.12 bits per heavy atom. The molecule has 1 aromatic heterocycles. The van der Waals surface area contributed by atoms with E-state index in [0.29, 0.717) is 11.3 Å². The number of amides is 4. The number of hydrogen-bond acceptors (Lipinski definition) is 8. The van der Waals surface area contributed by atoms with Crippen molar-refractivity contribution in [2.24, 2.45) is 5.73 Å². The van der Waals surface area contributed by atoms with Crippen LogP contribution in [0, 0.1) is 0 Å². The summed E-state index contributed by atoms with van der Waals surface area (Å²) in [5.74, 6) is -1.33. The fourth-order valence-electron chi connectivity index (χ4n) is 4.11. The van der Waals surface area contributed by atoms with Crippen LogP contribution in [0.1, 0.15) is 40.2 Å². The van der Waals surface area contributed by atoms with Gasteiger partial charge in [-0.1, -0.05) is 12.1 Å². The topological polar surface area (TPSA) is 189 Å². The molecular weight excluding hydrogens is 534 g/mol. The van der Waals surface area contributed by atoms with Gasteiger partial charge in [-0.25, -0.2) is 14.4 Å². The Labute approximate surface area is 237 Å². The van der Waals surface area contributed by atoms with Crippen molar-refractivity contribution in [3.63, 3.8) is 0 Å². The van der Waals surface area contributed by atoms with Crippen molar-refractivity contribution in [3.05, 3.63) is 52.6 Å². The minimum Gasteiger partial charge on any atom is -0.480 e. The molecule has 1 aliphatic rings. The van der Waals surface area contributed by atoms with E-state index in [1.54, 1.807) is 63.8 Å². The Kier molecular flexibility index (Phi) is 9.38. The average Bonchev–Trinajstić information content (AvgIpc) is 2.87. The van der Waals surface area contributed by atoms with E-state index in [9.17, 15) is 24.0 Å². The first-order valence-electron chi connectivity index (χ1n) is 13.1. The highest BCUT2D eigenvalue weighted by Gasteiger charge is 2.36. The zero-order valence-corrected chi connectivity index (χ0v) is 23.8. The third-order valence-electron chi connectivity index (χ3n) is 6.23. The van der Waals surface area contributed by atoms with Crippen LogP contribution in [0.5, 0.6) is 0 Å². The van der Waals surface area contributed by atoms with E-state index >= 15 is 0 Å². The second-order valence-electron chi connectivity index (χ2n) is 11.2. The fraction of sp³-hybridized carbons (Fsp3) is 0.481. The van der Waals surface area contributed by atoms with Crippen LogP contribution < -0.4 is 22.1 Å². The first-order valence-corrected chi connectivity index (χ1v) is 13.1. The smallest absolute Gasteiger partial charge is 0.408 e. The number of carbonyl (C=O) groups is 4. The van der Waals surface area contributed by atoms with Crippen LogP contribution >= 0.6 is 0 Å². The third-order valence-corrected chi connectivity index (χ3v) is 6.23. The molecule has 1 atom stereocenters. The van der Waals surface area contributed by atoms with E-state index in [4.69, 9.17) is 15.6 Å². The maximum absolute atomic E-state index is 13.0. The molecule has 0 radical (unpaired) electrons. The van der Waals surface area contributed by atoms with E-state index in [2.05, 4.69) is 15.6 Å². The van der Waals surface area contributed by atoms with Gasteiger partial charge in [-0.2, -0.15) is 4.98 Å². The van der Waals surface area contributed by atoms with Gasteiger partial charge in [0.1, 0.15) is 23.0 Å². The molecule has 1 aliphatic heterocycles. The van der Waals surface area contributed by atoms with Gasteiger partial charge in [-0.05, 0) is 64.8 Å². The van der Waals surface area contributed by atoms with Crippen molar-refractivity contribution in [2.75, 3.05) is 31.5 Å². The number of carbonyl (C=O) groups excluding carboxylic acids is 3. The molecule has 41 heavy (non-hydrogen) atoms. The summed E-state index contributed by atoms with van der Waals surface area (Å²) in [6, 6.07) is 6.65. The van der Waals surface area contributed by atoms with Gasteiger partial charge in [0.05, 0.1) is 5.69 Å². The van der Waals surface area contributed by atoms with Crippen molar-refractivity contribution in [1.29, 1.82) is 0 Å². The van der Waals surface area contributed by atoms with Crippen molar-refractivity contribution in [3.8, 4) is 5.69 Å². The van der Waals surface area contributed by atoms with Gasteiger partial charge < -0.3 is 30.7 Å². The van der Waals surface area contributed by atoms with Crippen molar-refractivity contribution >= 4 is 29.8 Å². The summed E-state index contributed by atoms with van der Waals surface area (Å²) in [7, 11) is 0. The van der Waals surface area contributed by atoms with E-state index in [-0.39, 0.29) is 44.3 Å². The molecule has 0 saturated carbocycles. The Hall–Kier alpha value is -4.46. The molecule has 14 nitrogen and oxygen atoms in total. The highest BCUT2D eigenvalue weighted by Crippen LogP contribution is 2.15. The van der Waals surface area contributed by atoms with Gasteiger partial charge in [0.2, 0.25) is 5.91 Å². The number of aliphatic carboxylic acids is 1. The van der Waals surface area contributed by atoms with Gasteiger partial charge >= 0.3 is 23.8 Å². The minimum absolute atomic E-state index is 0.0708. The minimum atomic E-state index is -1.20. The summed E-state index contributed by atoms with van der Waals surface area (Å²) in [4.78, 5) is 68.6. The monoisotopic (exact) mass is 571 g/mol. The van der Waals surface area contributed by atoms with Crippen molar-refractivity contribution in [1.82, 2.24) is 24.7 Å². The average molecular weight is 572 g/mol. The summed E-state index contributed by atoms with van der Waals surface area (Å²) >= 11 is 0. The Balaban J connectivity index is 1.55. The van der Waals surface area contributed by atoms with E-state index in [0.717, 1.165) is 0 Å². The van der Waals surface area contributed by atoms with Crippen LogP contribution in [-0.2, 0) is 20.7 Å². The van der Waals surface area contributed by atoms with Crippen LogP contribution in [0.4, 0.5) is 15.4 Å². The lowest BCUT2D eigenvalue weighted by atomic mass is 10.0. The predicted molar refractivity (Wildman–Crippen MR) is 150 cm³/mol. The van der Waals surface area contributed by atoms with E-state index in [1.165, 1.54) is 21.7 Å². The quantitative estimate of drug-likeness (QED) is 0.378. The number of ether oxygens (including phenoxy) is 1. The highest BCUT2D eigenvalue weighted by atomic mass is 16.6. The van der Waals surface area contributed by atoms with E-state index < -0.39 is 41.0 Å². The number of anilines is 1. The zero-order chi connectivity index (χ0) is 30.5. The standard InChI is InChI=1S/C27H37N7O7/c1-26(2,3)41-25(40)31-27(4,5)22(37)32-12-14-33(15-13-32)23(38)29-20-10-11-34(24(39)30-20)18-8-6-17(7-9-18)16-19(28)21(35)36/h6-11,19H,12-16,28H2,1-5H3,(H,31,40)(H,35,36)(H,29,30,38,39). The number of benzene rings is 1. The van der Waals surface area contributed by atoms with Crippen LogP contribution in [0.15, 0.2) is 41.3 Å². The molecule has 14 heteroatoms. The van der Waals surface area contributed by atoms with Gasteiger partial charge in [-0.15, -0.1) is 0 Å². The summed E-state index contributed by atoms with van der Waals surface area (Å²) in [5, 5.41) is 14.2. The largest absolute Gasteiger partial charge is 0.480 e. The van der Waals surface area contributed by atoms with Crippen molar-refractivity contribution < 1.29 is 29.0 Å². The van der Waals surface area contributed by atoms with Crippen LogP contribution in [-0.4, -0.2) is 91.8 Å². The normalized spacial score (nSPS) is 14.7. The Morgan fingerprint density at radius 2 is 1.59 bits per heavy atom. The number of piperazine rings is 1. The molecule has 222 valence electrons. The lowest BCUT2D eigenvalue weighted by Crippen LogP contribution is -2.60. The molecule has 1 fully saturated rings. The molecule has 1 unspecified atom stereocenters. The SMILES string of the molecule is CC(C)(C)OC(=O)NC(C)(C)C(=O)N1CCN(C(=O)Nc2ccn(-c3ccc(CC(N)C(=O)O)cc3)c(=O)n2)CC1. The maximum Gasteiger partial charge on any atom is 0.408 e. The number of nitrogens with zero attached hydrogens (tertiary/aromatic N) is 4. The number of hydrogen-bond donors (Lipinski definition) is 4. The van der Waals surface area contributed by atoms with Gasteiger partial charge in [0.25, 0.3) is 0 Å². The summed E-state index contributed by atoms with van der Waals surface area (Å²) in [6.07, 6.45) is 0.927. The molecule has 1 aromatic carbocycles. The zero-order valence-electron chi connectivity index (χ0n) is 23.8. The molecule has 0 aliphatic carbocycles. The fourth-order valence-corrected chi connectivity index (χ4v) is 4.11. The lowest BCUT2D eigenvalue weighted by molar-refractivity contribution is -0.139. The first kappa shape index (κ1) is 31.1. The second-order valence-corrected chi connectivity index (χ2v) is 11.2. The number of nitrogens with one attached hydrogen (secondary N) is 2. The number of rotatable bonds is 7. The molecule has 4 amide bonds. The maximum atomic E-state index is 13.0. The highest BCUT2D eigenvalue weighted by molar-refractivity contribution is 5.90. The molecule has 1 saturated heterocycles. The number of alkyl carbamates (subject to hydrolysis) is 1. The number of aromatic nitrogens is 2. The third kappa shape index (κ3) is 8.51. The number of urea groups is 1. The molecule has 2 aromatic rings. The summed E-state index contributed by atoms with van der Waals surface area (Å²) < 4.78 is 6.53. The van der Waals surface area contributed by atoms with Gasteiger partial charge in [-0.3, -0.25) is 19.5 Å². The number of nitrogens with two attached hydrogens (primary N) is 1. The second kappa shape index (κ2) is 12.4. The lowest BCUT2D eigenvalue weighted by Gasteiger charge is -2.38. The Morgan fingerprint density at radius 1 is 1.00 bits per heavy atom. The number of carboxylic acid groups (broad SMARTS) is 1. The molecule has 0 bridgehead atoms.